The van der Waals surface area contributed by atoms with Crippen LogP contribution in [0.5, 0.6) is 0 Å². The normalized spacial score (nSPS) is 27.0. The standard InChI is InChI=1S/C21H24BrN3O3S2/c1-11(2)14-7-6-12(3)9-15(14)27-20-17(16(22)19(26)28-20)29-21-25-24-18(30-21)13-5-4-8-23-10-13/h4-5,8,10-12,14-15,20H,6-7,9H2,1-3H3/t12-,14+,15-,20+/m1/s1. The number of carbonyl (C=O) groups is 1. The molecular formula is C21H24BrN3O3S2. The Hall–Kier alpha value is -1.29. The zero-order chi connectivity index (χ0) is 21.3. The fraction of sp³-hybridized carbons (Fsp3) is 0.524. The van der Waals surface area contributed by atoms with Crippen LogP contribution in [-0.4, -0.2) is 33.5 Å². The van der Waals surface area contributed by atoms with Crippen molar-refractivity contribution in [3.63, 3.8) is 0 Å². The van der Waals surface area contributed by atoms with Crippen molar-refractivity contribution in [3.8, 4) is 10.6 Å². The van der Waals surface area contributed by atoms with Gasteiger partial charge in [-0.25, -0.2) is 4.79 Å². The lowest BCUT2D eigenvalue weighted by atomic mass is 9.75. The molecular weight excluding hydrogens is 486 g/mol. The van der Waals surface area contributed by atoms with Crippen LogP contribution in [0.1, 0.15) is 40.0 Å². The number of ether oxygens (including phenoxy) is 2. The van der Waals surface area contributed by atoms with Crippen LogP contribution < -0.4 is 0 Å². The Labute approximate surface area is 193 Å². The molecule has 0 unspecified atom stereocenters. The van der Waals surface area contributed by atoms with Gasteiger partial charge in [0.15, 0.2) is 4.34 Å². The largest absolute Gasteiger partial charge is 0.427 e. The van der Waals surface area contributed by atoms with Gasteiger partial charge in [0.05, 0.1) is 11.0 Å². The summed E-state index contributed by atoms with van der Waals surface area (Å²) in [5.74, 6) is 1.19. The highest BCUT2D eigenvalue weighted by Gasteiger charge is 2.40. The van der Waals surface area contributed by atoms with E-state index in [4.69, 9.17) is 9.47 Å². The number of pyridine rings is 1. The second kappa shape index (κ2) is 9.46. The summed E-state index contributed by atoms with van der Waals surface area (Å²) in [7, 11) is 0. The predicted octanol–water partition coefficient (Wildman–Crippen LogP) is 5.66. The van der Waals surface area contributed by atoms with Gasteiger partial charge < -0.3 is 9.47 Å². The smallest absolute Gasteiger partial charge is 0.348 e. The lowest BCUT2D eigenvalue weighted by Gasteiger charge is -2.38. The van der Waals surface area contributed by atoms with Crippen LogP contribution in [0.15, 0.2) is 38.3 Å². The third-order valence-corrected chi connectivity index (χ3v) is 8.75. The van der Waals surface area contributed by atoms with Gasteiger partial charge in [-0.15, -0.1) is 10.2 Å². The summed E-state index contributed by atoms with van der Waals surface area (Å²) >= 11 is 6.22. The van der Waals surface area contributed by atoms with E-state index >= 15 is 0 Å². The van der Waals surface area contributed by atoms with Crippen LogP contribution in [0.3, 0.4) is 0 Å². The summed E-state index contributed by atoms with van der Waals surface area (Å²) < 4.78 is 13.1. The Bertz CT molecular complexity index is 935. The maximum Gasteiger partial charge on any atom is 0.348 e. The molecule has 0 aromatic carbocycles. The number of hydrogen-bond donors (Lipinski definition) is 0. The van der Waals surface area contributed by atoms with Gasteiger partial charge in [-0.1, -0.05) is 50.3 Å². The van der Waals surface area contributed by atoms with Crippen molar-refractivity contribution in [2.24, 2.45) is 17.8 Å². The Kier molecular flexibility index (Phi) is 6.91. The van der Waals surface area contributed by atoms with Crippen molar-refractivity contribution in [2.75, 3.05) is 0 Å². The van der Waals surface area contributed by atoms with Crippen LogP contribution in [0.2, 0.25) is 0 Å². The van der Waals surface area contributed by atoms with Gasteiger partial charge in [0, 0.05) is 18.0 Å². The fourth-order valence-corrected chi connectivity index (χ4v) is 6.38. The number of aromatic nitrogens is 3. The second-order valence-corrected chi connectivity index (χ2v) is 11.2. The molecule has 6 nitrogen and oxygen atoms in total. The summed E-state index contributed by atoms with van der Waals surface area (Å²) in [5.41, 5.74) is 0.914. The van der Waals surface area contributed by atoms with E-state index in [0.717, 1.165) is 27.8 Å². The number of halogens is 1. The Morgan fingerprint density at radius 3 is 2.90 bits per heavy atom. The van der Waals surface area contributed by atoms with E-state index in [1.165, 1.54) is 29.5 Å². The molecule has 0 bridgehead atoms. The van der Waals surface area contributed by atoms with E-state index in [2.05, 4.69) is 51.9 Å². The minimum Gasteiger partial charge on any atom is -0.427 e. The molecule has 0 spiro atoms. The molecule has 2 aromatic rings. The van der Waals surface area contributed by atoms with E-state index in [1.54, 1.807) is 12.4 Å². The fourth-order valence-electron chi connectivity index (χ4n) is 3.97. The average Bonchev–Trinajstić information content (AvgIpc) is 3.29. The molecule has 4 rings (SSSR count). The zero-order valence-corrected chi connectivity index (χ0v) is 20.3. The van der Waals surface area contributed by atoms with Gasteiger partial charge in [0.25, 0.3) is 0 Å². The predicted molar refractivity (Wildman–Crippen MR) is 121 cm³/mol. The molecule has 1 aliphatic heterocycles. The number of rotatable bonds is 6. The third kappa shape index (κ3) is 4.79. The van der Waals surface area contributed by atoms with Crippen LogP contribution in [0, 0.1) is 17.8 Å². The first kappa shape index (κ1) is 21.9. The van der Waals surface area contributed by atoms with Gasteiger partial charge in [0.2, 0.25) is 6.29 Å². The first-order valence-corrected chi connectivity index (χ1v) is 12.5. The van der Waals surface area contributed by atoms with Crippen molar-refractivity contribution in [1.82, 2.24) is 15.2 Å². The van der Waals surface area contributed by atoms with E-state index in [0.29, 0.717) is 27.1 Å². The summed E-state index contributed by atoms with van der Waals surface area (Å²) in [5, 5.41) is 9.32. The Balaban J connectivity index is 1.51. The molecule has 4 atom stereocenters. The van der Waals surface area contributed by atoms with E-state index in [1.807, 2.05) is 12.1 Å². The number of esters is 1. The minimum atomic E-state index is -0.709. The average molecular weight is 510 g/mol. The van der Waals surface area contributed by atoms with Gasteiger partial charge >= 0.3 is 5.97 Å². The van der Waals surface area contributed by atoms with Crippen molar-refractivity contribution in [2.45, 2.75) is 56.8 Å². The van der Waals surface area contributed by atoms with Gasteiger partial charge in [0.1, 0.15) is 9.49 Å². The maximum atomic E-state index is 12.3. The molecule has 0 radical (unpaired) electrons. The van der Waals surface area contributed by atoms with Gasteiger partial charge in [-0.3, -0.25) is 4.98 Å². The monoisotopic (exact) mass is 509 g/mol. The first-order valence-electron chi connectivity index (χ1n) is 10.1. The molecule has 1 fully saturated rings. The molecule has 0 saturated heterocycles. The number of hydrogen-bond acceptors (Lipinski definition) is 8. The highest BCUT2D eigenvalue weighted by atomic mass is 79.9. The molecule has 1 aliphatic carbocycles. The Morgan fingerprint density at radius 1 is 1.33 bits per heavy atom. The molecule has 0 N–H and O–H groups in total. The molecule has 3 heterocycles. The Morgan fingerprint density at radius 2 is 2.17 bits per heavy atom. The maximum absolute atomic E-state index is 12.3. The zero-order valence-electron chi connectivity index (χ0n) is 17.1. The SMILES string of the molecule is CC(C)[C@@H]1CC[C@@H](C)C[C@H]1O[C@H]1OC(=O)C(Br)=C1Sc1nnc(-c2cccnc2)s1. The van der Waals surface area contributed by atoms with Crippen molar-refractivity contribution < 1.29 is 14.3 Å². The number of cyclic esters (lactones) is 1. The van der Waals surface area contributed by atoms with Crippen molar-refractivity contribution in [1.29, 1.82) is 0 Å². The van der Waals surface area contributed by atoms with Crippen LogP contribution in [-0.2, 0) is 14.3 Å². The van der Waals surface area contributed by atoms with Crippen LogP contribution in [0.4, 0.5) is 0 Å². The van der Waals surface area contributed by atoms with Gasteiger partial charge in [-0.05, 0) is 58.7 Å². The minimum absolute atomic E-state index is 0.0703. The summed E-state index contributed by atoms with van der Waals surface area (Å²) in [6, 6.07) is 3.81. The number of carbonyl (C=O) groups excluding carboxylic acids is 1. The summed E-state index contributed by atoms with van der Waals surface area (Å²) in [4.78, 5) is 17.1. The summed E-state index contributed by atoms with van der Waals surface area (Å²) in [6.45, 7) is 6.73. The quantitative estimate of drug-likeness (QED) is 0.465. The lowest BCUT2D eigenvalue weighted by molar-refractivity contribution is -0.179. The third-order valence-electron chi connectivity index (χ3n) is 5.60. The number of nitrogens with zero attached hydrogens (tertiary/aromatic N) is 3. The highest BCUT2D eigenvalue weighted by Crippen LogP contribution is 2.44. The van der Waals surface area contributed by atoms with Crippen LogP contribution >= 0.6 is 39.0 Å². The number of thioether (sulfide) groups is 1. The van der Waals surface area contributed by atoms with Crippen molar-refractivity contribution in [3.05, 3.63) is 33.9 Å². The summed E-state index contributed by atoms with van der Waals surface area (Å²) in [6.07, 6.45) is 6.19. The molecule has 2 aliphatic rings. The van der Waals surface area contributed by atoms with Crippen LogP contribution in [0.25, 0.3) is 10.6 Å². The highest BCUT2D eigenvalue weighted by molar-refractivity contribution is 9.12. The molecule has 9 heteroatoms. The van der Waals surface area contributed by atoms with E-state index in [-0.39, 0.29) is 6.10 Å². The lowest BCUT2D eigenvalue weighted by Crippen LogP contribution is -2.37. The second-order valence-electron chi connectivity index (χ2n) is 8.13. The first-order chi connectivity index (χ1) is 14.4. The van der Waals surface area contributed by atoms with Crippen molar-refractivity contribution >= 4 is 45.0 Å². The van der Waals surface area contributed by atoms with E-state index < -0.39 is 12.3 Å². The molecule has 30 heavy (non-hydrogen) atoms. The molecule has 0 amide bonds. The molecule has 160 valence electrons. The van der Waals surface area contributed by atoms with E-state index in [9.17, 15) is 4.79 Å². The molecule has 2 aromatic heterocycles. The van der Waals surface area contributed by atoms with Gasteiger partial charge in [-0.2, -0.15) is 0 Å². The topological polar surface area (TPSA) is 74.2 Å². The molecule has 1 saturated carbocycles.